The lowest BCUT2D eigenvalue weighted by Gasteiger charge is -2.03. The van der Waals surface area contributed by atoms with Crippen molar-refractivity contribution in [1.29, 1.82) is 0 Å². The summed E-state index contributed by atoms with van der Waals surface area (Å²) in [5.41, 5.74) is 4.73. The minimum Gasteiger partial charge on any atom is -0.443 e. The van der Waals surface area contributed by atoms with Crippen molar-refractivity contribution in [3.8, 4) is 0 Å². The summed E-state index contributed by atoms with van der Waals surface area (Å²) in [6.07, 6.45) is 3.68. The molecular weight excluding hydrogens is 176 g/mol. The average Bonchev–Trinajstić information content (AvgIpc) is 2.55. The fraction of sp³-hybridized carbons (Fsp3) is 0.364. The van der Waals surface area contributed by atoms with E-state index in [-0.39, 0.29) is 0 Å². The van der Waals surface area contributed by atoms with Crippen LogP contribution in [0.3, 0.4) is 0 Å². The van der Waals surface area contributed by atoms with Gasteiger partial charge >= 0.3 is 0 Å². The zero-order valence-corrected chi connectivity index (χ0v) is 7.92. The number of nitrogens with one attached hydrogen (secondary N) is 1. The number of nitrogens with zero attached hydrogens (tertiary/aromatic N) is 1. The maximum absolute atomic E-state index is 5.29. The molecule has 0 aliphatic carbocycles. The van der Waals surface area contributed by atoms with Gasteiger partial charge in [0.05, 0.1) is 0 Å². The molecular formula is C11H12N2O. The lowest BCUT2D eigenvalue weighted by atomic mass is 10.0. The van der Waals surface area contributed by atoms with Gasteiger partial charge < -0.3 is 9.73 Å². The smallest absolute Gasteiger partial charge is 0.181 e. The van der Waals surface area contributed by atoms with Crippen molar-refractivity contribution >= 4 is 11.1 Å². The Morgan fingerprint density at radius 2 is 2.14 bits per heavy atom. The highest BCUT2D eigenvalue weighted by Crippen LogP contribution is 2.23. The third-order valence-electron chi connectivity index (χ3n) is 2.83. The number of aromatic nitrogens is 1. The van der Waals surface area contributed by atoms with Crippen LogP contribution < -0.4 is 5.32 Å². The Kier molecular flexibility index (Phi) is 1.77. The van der Waals surface area contributed by atoms with Crippen LogP contribution in [0.5, 0.6) is 0 Å². The summed E-state index contributed by atoms with van der Waals surface area (Å²) in [5.74, 6) is 0. The predicted octanol–water partition coefficient (Wildman–Crippen LogP) is 1.52. The first-order valence-electron chi connectivity index (χ1n) is 5.00. The predicted molar refractivity (Wildman–Crippen MR) is 54.3 cm³/mol. The Morgan fingerprint density at radius 3 is 3.14 bits per heavy atom. The van der Waals surface area contributed by atoms with Crippen LogP contribution in [-0.4, -0.2) is 18.1 Å². The van der Waals surface area contributed by atoms with E-state index in [9.17, 15) is 0 Å². The summed E-state index contributed by atoms with van der Waals surface area (Å²) in [6.45, 7) is 2.11. The fourth-order valence-electron chi connectivity index (χ4n) is 2.10. The molecule has 2 heterocycles. The Balaban J connectivity index is 2.26. The number of rotatable bonds is 0. The molecule has 1 aliphatic heterocycles. The first-order valence-corrected chi connectivity index (χ1v) is 5.00. The van der Waals surface area contributed by atoms with E-state index in [4.69, 9.17) is 4.42 Å². The molecule has 1 aliphatic rings. The van der Waals surface area contributed by atoms with Gasteiger partial charge in [0.2, 0.25) is 0 Å². The van der Waals surface area contributed by atoms with Crippen LogP contribution in [0.25, 0.3) is 11.1 Å². The molecule has 14 heavy (non-hydrogen) atoms. The number of oxazole rings is 1. The molecule has 0 fully saturated rings. The largest absolute Gasteiger partial charge is 0.443 e. The van der Waals surface area contributed by atoms with Gasteiger partial charge in [-0.15, -0.1) is 0 Å². The van der Waals surface area contributed by atoms with Gasteiger partial charge in [-0.25, -0.2) is 4.98 Å². The topological polar surface area (TPSA) is 38.1 Å². The van der Waals surface area contributed by atoms with Crippen LogP contribution in [0.1, 0.15) is 11.1 Å². The summed E-state index contributed by atoms with van der Waals surface area (Å²) >= 11 is 0. The van der Waals surface area contributed by atoms with Crippen LogP contribution in [0.4, 0.5) is 0 Å². The van der Waals surface area contributed by atoms with Gasteiger partial charge in [-0.05, 0) is 43.1 Å². The van der Waals surface area contributed by atoms with Gasteiger partial charge in [-0.1, -0.05) is 6.07 Å². The first kappa shape index (κ1) is 8.00. The molecule has 2 aromatic rings. The lowest BCUT2D eigenvalue weighted by molar-refractivity contribution is 0.602. The molecule has 1 N–H and O–H groups in total. The molecule has 0 saturated heterocycles. The molecule has 0 bridgehead atoms. The second-order valence-electron chi connectivity index (χ2n) is 3.65. The maximum atomic E-state index is 5.29. The van der Waals surface area contributed by atoms with E-state index in [2.05, 4.69) is 16.4 Å². The summed E-state index contributed by atoms with van der Waals surface area (Å²) in [5, 5.41) is 3.39. The number of hydrogen-bond donors (Lipinski definition) is 1. The van der Waals surface area contributed by atoms with E-state index in [0.29, 0.717) is 0 Å². The molecule has 72 valence electrons. The van der Waals surface area contributed by atoms with Crippen LogP contribution in [-0.2, 0) is 12.8 Å². The van der Waals surface area contributed by atoms with Gasteiger partial charge in [0.25, 0.3) is 0 Å². The summed E-state index contributed by atoms with van der Waals surface area (Å²) < 4.78 is 5.29. The molecule has 1 aromatic heterocycles. The van der Waals surface area contributed by atoms with Crippen molar-refractivity contribution in [2.24, 2.45) is 0 Å². The van der Waals surface area contributed by atoms with Crippen LogP contribution in [0.15, 0.2) is 22.9 Å². The Bertz CT molecular complexity index is 461. The Labute approximate surface area is 82.1 Å². The van der Waals surface area contributed by atoms with E-state index >= 15 is 0 Å². The van der Waals surface area contributed by atoms with E-state index in [1.54, 1.807) is 0 Å². The fourth-order valence-corrected chi connectivity index (χ4v) is 2.10. The van der Waals surface area contributed by atoms with Crippen LogP contribution in [0, 0.1) is 0 Å². The van der Waals surface area contributed by atoms with Crippen molar-refractivity contribution in [2.45, 2.75) is 12.8 Å². The van der Waals surface area contributed by atoms with Gasteiger partial charge in [0, 0.05) is 0 Å². The Morgan fingerprint density at radius 1 is 1.21 bits per heavy atom. The monoisotopic (exact) mass is 188 g/mol. The standard InChI is InChI=1S/C11H12N2O/c1-2-10-11(13-7-14-10)9-4-6-12-5-3-8(1)9/h1-2,7,12H,3-6H2. The molecule has 3 heteroatoms. The minimum absolute atomic E-state index is 0.908. The van der Waals surface area contributed by atoms with E-state index < -0.39 is 0 Å². The Hall–Kier alpha value is -1.35. The highest BCUT2D eigenvalue weighted by Gasteiger charge is 2.12. The summed E-state index contributed by atoms with van der Waals surface area (Å²) in [4.78, 5) is 4.28. The van der Waals surface area contributed by atoms with Crippen LogP contribution in [0.2, 0.25) is 0 Å². The number of fused-ring (bicyclic) bond motifs is 3. The second kappa shape index (κ2) is 3.10. The second-order valence-corrected chi connectivity index (χ2v) is 3.65. The molecule has 3 rings (SSSR count). The van der Waals surface area contributed by atoms with Crippen molar-refractivity contribution in [2.75, 3.05) is 13.1 Å². The number of hydrogen-bond acceptors (Lipinski definition) is 3. The average molecular weight is 188 g/mol. The zero-order chi connectivity index (χ0) is 9.38. The minimum atomic E-state index is 0.908. The third-order valence-corrected chi connectivity index (χ3v) is 2.83. The normalized spacial score (nSPS) is 16.6. The van der Waals surface area contributed by atoms with Crippen molar-refractivity contribution < 1.29 is 4.42 Å². The van der Waals surface area contributed by atoms with Gasteiger partial charge in [-0.3, -0.25) is 0 Å². The quantitative estimate of drug-likeness (QED) is 0.681. The van der Waals surface area contributed by atoms with Gasteiger partial charge in [0.15, 0.2) is 12.0 Å². The molecule has 3 nitrogen and oxygen atoms in total. The van der Waals surface area contributed by atoms with Crippen LogP contribution >= 0.6 is 0 Å². The van der Waals surface area contributed by atoms with Gasteiger partial charge in [-0.2, -0.15) is 0 Å². The molecule has 1 aromatic carbocycles. The zero-order valence-electron chi connectivity index (χ0n) is 7.92. The molecule has 0 saturated carbocycles. The highest BCUT2D eigenvalue weighted by atomic mass is 16.3. The molecule has 0 atom stereocenters. The van der Waals surface area contributed by atoms with Gasteiger partial charge in [0.1, 0.15) is 5.52 Å². The molecule has 0 amide bonds. The van der Waals surface area contributed by atoms with Crippen molar-refractivity contribution in [3.05, 3.63) is 29.7 Å². The highest BCUT2D eigenvalue weighted by molar-refractivity contribution is 5.77. The van der Waals surface area contributed by atoms with E-state index in [1.165, 1.54) is 17.5 Å². The summed E-state index contributed by atoms with van der Waals surface area (Å²) in [6, 6.07) is 4.18. The van der Waals surface area contributed by atoms with E-state index in [1.807, 2.05) is 6.07 Å². The first-order chi connectivity index (χ1) is 6.95. The molecule has 0 spiro atoms. The summed E-state index contributed by atoms with van der Waals surface area (Å²) in [7, 11) is 0. The number of benzene rings is 1. The SMILES string of the molecule is c1nc2c3c(ccc2o1)CCNCC3. The maximum Gasteiger partial charge on any atom is 0.181 e. The third kappa shape index (κ3) is 1.13. The lowest BCUT2D eigenvalue weighted by Crippen LogP contribution is -2.16. The van der Waals surface area contributed by atoms with Crippen molar-refractivity contribution in [1.82, 2.24) is 10.3 Å². The van der Waals surface area contributed by atoms with Crippen molar-refractivity contribution in [3.63, 3.8) is 0 Å². The molecule has 0 unspecified atom stereocenters. The van der Waals surface area contributed by atoms with E-state index in [0.717, 1.165) is 37.0 Å². The molecule has 0 radical (unpaired) electrons.